The van der Waals surface area contributed by atoms with Crippen LogP contribution in [0.1, 0.15) is 40.7 Å². The third-order valence-corrected chi connectivity index (χ3v) is 6.91. The lowest BCUT2D eigenvalue weighted by atomic mass is 9.89. The first kappa shape index (κ1) is 17.0. The molecular formula is C30H21N. The normalized spacial score (nSPS) is 17.9. The Morgan fingerprint density at radius 2 is 1.23 bits per heavy atom. The fourth-order valence-electron chi connectivity index (χ4n) is 5.62. The van der Waals surface area contributed by atoms with Crippen LogP contribution in [-0.2, 0) is 6.42 Å². The van der Waals surface area contributed by atoms with Gasteiger partial charge in [-0.3, -0.25) is 4.99 Å². The van der Waals surface area contributed by atoms with E-state index in [0.717, 1.165) is 24.9 Å². The van der Waals surface area contributed by atoms with Crippen molar-refractivity contribution in [3.63, 3.8) is 0 Å². The van der Waals surface area contributed by atoms with E-state index in [-0.39, 0.29) is 0 Å². The van der Waals surface area contributed by atoms with Gasteiger partial charge in [-0.25, -0.2) is 0 Å². The molecule has 1 heteroatoms. The number of hydrogen-bond donors (Lipinski definition) is 0. The number of aliphatic imine (C=N–C) groups is 1. The van der Waals surface area contributed by atoms with Crippen molar-refractivity contribution in [2.45, 2.75) is 19.3 Å². The molecule has 0 unspecified atom stereocenters. The minimum absolute atomic E-state index is 0.902. The molecule has 0 amide bonds. The SMILES string of the molecule is C1=CCCC(C2=C3C(=C(C4=Nc5ccccc5C4)c4ccccc43)c3ccccc32)=C1. The van der Waals surface area contributed by atoms with Gasteiger partial charge in [0.15, 0.2) is 0 Å². The molecule has 3 aromatic rings. The highest BCUT2D eigenvalue weighted by Crippen LogP contribution is 2.58. The van der Waals surface area contributed by atoms with Crippen LogP contribution in [0.4, 0.5) is 5.69 Å². The molecule has 3 aliphatic carbocycles. The quantitative estimate of drug-likeness (QED) is 0.427. The summed E-state index contributed by atoms with van der Waals surface area (Å²) < 4.78 is 0. The van der Waals surface area contributed by atoms with Gasteiger partial charge in [0.1, 0.15) is 0 Å². The molecule has 1 nitrogen and oxygen atoms in total. The minimum atomic E-state index is 0.902. The van der Waals surface area contributed by atoms with Gasteiger partial charge in [-0.1, -0.05) is 85.0 Å². The van der Waals surface area contributed by atoms with E-state index in [4.69, 9.17) is 4.99 Å². The first-order chi connectivity index (χ1) is 15.4. The lowest BCUT2D eigenvalue weighted by molar-refractivity contribution is 0.997. The molecule has 31 heavy (non-hydrogen) atoms. The number of benzene rings is 3. The zero-order valence-corrected chi connectivity index (χ0v) is 17.2. The van der Waals surface area contributed by atoms with E-state index >= 15 is 0 Å². The maximum Gasteiger partial charge on any atom is 0.0669 e. The maximum atomic E-state index is 5.11. The Balaban J connectivity index is 1.56. The summed E-state index contributed by atoms with van der Waals surface area (Å²) in [5.41, 5.74) is 16.1. The van der Waals surface area contributed by atoms with E-state index in [1.165, 1.54) is 61.4 Å². The van der Waals surface area contributed by atoms with Crippen molar-refractivity contribution in [3.05, 3.63) is 124 Å². The molecule has 146 valence electrons. The van der Waals surface area contributed by atoms with Crippen LogP contribution in [0.5, 0.6) is 0 Å². The number of hydrogen-bond acceptors (Lipinski definition) is 1. The number of rotatable bonds is 2. The van der Waals surface area contributed by atoms with Crippen molar-refractivity contribution in [2.75, 3.05) is 0 Å². The van der Waals surface area contributed by atoms with Crippen LogP contribution in [-0.4, -0.2) is 5.71 Å². The average molecular weight is 396 g/mol. The smallest absolute Gasteiger partial charge is 0.0669 e. The number of nitrogens with zero attached hydrogens (tertiary/aromatic N) is 1. The topological polar surface area (TPSA) is 12.4 Å². The summed E-state index contributed by atoms with van der Waals surface area (Å²) in [6.45, 7) is 0. The maximum absolute atomic E-state index is 5.11. The third-order valence-electron chi connectivity index (χ3n) is 6.91. The molecule has 0 N–H and O–H groups in total. The summed E-state index contributed by atoms with van der Waals surface area (Å²) in [6, 6.07) is 26.4. The van der Waals surface area contributed by atoms with Crippen LogP contribution in [0, 0.1) is 0 Å². The van der Waals surface area contributed by atoms with Crippen LogP contribution in [0.3, 0.4) is 0 Å². The Bertz CT molecular complexity index is 1440. The van der Waals surface area contributed by atoms with Crippen molar-refractivity contribution in [1.29, 1.82) is 0 Å². The Labute approximate surface area is 182 Å². The summed E-state index contributed by atoms with van der Waals surface area (Å²) in [6.07, 6.45) is 9.91. The summed E-state index contributed by atoms with van der Waals surface area (Å²) >= 11 is 0. The molecule has 0 fully saturated rings. The van der Waals surface area contributed by atoms with Crippen molar-refractivity contribution in [1.82, 2.24) is 0 Å². The van der Waals surface area contributed by atoms with Crippen molar-refractivity contribution < 1.29 is 0 Å². The molecule has 4 aliphatic rings. The van der Waals surface area contributed by atoms with Gasteiger partial charge in [0.2, 0.25) is 0 Å². The Morgan fingerprint density at radius 3 is 1.90 bits per heavy atom. The van der Waals surface area contributed by atoms with Crippen molar-refractivity contribution in [3.8, 4) is 0 Å². The first-order valence-corrected chi connectivity index (χ1v) is 11.1. The molecule has 0 saturated carbocycles. The van der Waals surface area contributed by atoms with Crippen LogP contribution in [0.15, 0.2) is 102 Å². The average Bonchev–Trinajstić information content (AvgIpc) is 3.49. The third kappa shape index (κ3) is 2.35. The summed E-state index contributed by atoms with van der Waals surface area (Å²) in [4.78, 5) is 5.11. The number of allylic oxidation sites excluding steroid dienone is 8. The molecule has 3 aromatic carbocycles. The van der Waals surface area contributed by atoms with Gasteiger partial charge in [-0.2, -0.15) is 0 Å². The van der Waals surface area contributed by atoms with E-state index in [1.807, 2.05) is 0 Å². The number of fused-ring (bicyclic) bond motifs is 6. The van der Waals surface area contributed by atoms with Gasteiger partial charge in [0.05, 0.1) is 11.4 Å². The molecule has 0 saturated heterocycles. The zero-order valence-electron chi connectivity index (χ0n) is 17.2. The fraction of sp³-hybridized carbons (Fsp3) is 0.100. The first-order valence-electron chi connectivity index (χ1n) is 11.1. The van der Waals surface area contributed by atoms with E-state index < -0.39 is 0 Å². The van der Waals surface area contributed by atoms with Gasteiger partial charge in [-0.05, 0) is 63.4 Å². The van der Waals surface area contributed by atoms with E-state index in [0.29, 0.717) is 0 Å². The Hall–Kier alpha value is -3.71. The zero-order chi connectivity index (χ0) is 20.4. The molecule has 1 aliphatic heterocycles. The molecule has 7 rings (SSSR count). The highest BCUT2D eigenvalue weighted by molar-refractivity contribution is 6.46. The second kappa shape index (κ2) is 6.39. The van der Waals surface area contributed by atoms with Gasteiger partial charge < -0.3 is 0 Å². The predicted molar refractivity (Wildman–Crippen MR) is 130 cm³/mol. The fourth-order valence-corrected chi connectivity index (χ4v) is 5.62. The van der Waals surface area contributed by atoms with Gasteiger partial charge in [0.25, 0.3) is 0 Å². The van der Waals surface area contributed by atoms with E-state index in [9.17, 15) is 0 Å². The second-order valence-corrected chi connectivity index (χ2v) is 8.61. The van der Waals surface area contributed by atoms with E-state index in [2.05, 4.69) is 91.0 Å². The molecule has 0 spiro atoms. The molecule has 0 aromatic heterocycles. The molecule has 1 heterocycles. The largest absolute Gasteiger partial charge is 0.252 e. The predicted octanol–water partition coefficient (Wildman–Crippen LogP) is 7.44. The highest BCUT2D eigenvalue weighted by atomic mass is 14.8. The lowest BCUT2D eigenvalue weighted by Gasteiger charge is -2.15. The summed E-state index contributed by atoms with van der Waals surface area (Å²) in [5, 5.41) is 0. The van der Waals surface area contributed by atoms with Gasteiger partial charge >= 0.3 is 0 Å². The second-order valence-electron chi connectivity index (χ2n) is 8.61. The molecule has 0 radical (unpaired) electrons. The molecule has 0 bridgehead atoms. The van der Waals surface area contributed by atoms with Crippen LogP contribution >= 0.6 is 0 Å². The standard InChI is InChI=1S/C30H21N/c1-2-10-19(11-3-1)27-21-13-5-7-15-23(21)30-28(22-14-6-8-16-24(22)29(27)30)26-18-20-12-4-9-17-25(20)31-26/h1-2,4-10,12-17H,3,11,18H2. The number of para-hydroxylation sites is 1. The summed E-state index contributed by atoms with van der Waals surface area (Å²) in [7, 11) is 0. The molecular weight excluding hydrogens is 374 g/mol. The van der Waals surface area contributed by atoms with Crippen LogP contribution in [0.2, 0.25) is 0 Å². The van der Waals surface area contributed by atoms with Crippen molar-refractivity contribution in [2.24, 2.45) is 4.99 Å². The van der Waals surface area contributed by atoms with Crippen LogP contribution < -0.4 is 0 Å². The minimum Gasteiger partial charge on any atom is -0.252 e. The molecule has 0 atom stereocenters. The Morgan fingerprint density at radius 1 is 0.613 bits per heavy atom. The van der Waals surface area contributed by atoms with Crippen LogP contribution in [0.25, 0.3) is 22.3 Å². The monoisotopic (exact) mass is 395 g/mol. The lowest BCUT2D eigenvalue weighted by Crippen LogP contribution is -2.03. The highest BCUT2D eigenvalue weighted by Gasteiger charge is 2.39. The van der Waals surface area contributed by atoms with E-state index in [1.54, 1.807) is 0 Å². The van der Waals surface area contributed by atoms with Crippen molar-refractivity contribution >= 4 is 33.7 Å². The summed E-state index contributed by atoms with van der Waals surface area (Å²) in [5.74, 6) is 0. The Kier molecular flexibility index (Phi) is 3.51. The van der Waals surface area contributed by atoms with Gasteiger partial charge in [0, 0.05) is 17.6 Å². The van der Waals surface area contributed by atoms with Gasteiger partial charge in [-0.15, -0.1) is 0 Å².